The molecule has 0 fully saturated rings. The quantitative estimate of drug-likeness (QED) is 0.584. The van der Waals surface area contributed by atoms with Gasteiger partial charge in [0.2, 0.25) is 5.24 Å². The zero-order valence-corrected chi connectivity index (χ0v) is 7.86. The Hall–Kier alpha value is -0.0800. The minimum atomic E-state index is -0.423. The standard InChI is InChI=1S/C8H15ClO2/c1-3-4-5-7(2)11-6-8(9)10/h7H,3-6H2,1-2H3. The molecule has 0 bridgehead atoms. The summed E-state index contributed by atoms with van der Waals surface area (Å²) in [5, 5.41) is -0.423. The Bertz CT molecular complexity index is 115. The molecule has 1 unspecified atom stereocenters. The van der Waals surface area contributed by atoms with Crippen LogP contribution >= 0.6 is 11.6 Å². The van der Waals surface area contributed by atoms with E-state index in [1.54, 1.807) is 0 Å². The molecule has 0 aliphatic carbocycles. The maximum absolute atomic E-state index is 10.3. The number of hydrogen-bond acceptors (Lipinski definition) is 2. The summed E-state index contributed by atoms with van der Waals surface area (Å²) in [7, 11) is 0. The average molecular weight is 179 g/mol. The van der Waals surface area contributed by atoms with E-state index >= 15 is 0 Å². The molecule has 1 atom stereocenters. The van der Waals surface area contributed by atoms with Gasteiger partial charge in [0, 0.05) is 0 Å². The molecule has 0 amide bonds. The summed E-state index contributed by atoms with van der Waals surface area (Å²) in [6, 6.07) is 0. The van der Waals surface area contributed by atoms with Crippen molar-refractivity contribution in [1.29, 1.82) is 0 Å². The second-order valence-corrected chi connectivity index (χ2v) is 3.04. The summed E-state index contributed by atoms with van der Waals surface area (Å²) in [5.41, 5.74) is 0. The van der Waals surface area contributed by atoms with Crippen molar-refractivity contribution < 1.29 is 9.53 Å². The highest BCUT2D eigenvalue weighted by Crippen LogP contribution is 2.03. The molecule has 2 nitrogen and oxygen atoms in total. The van der Waals surface area contributed by atoms with Crippen LogP contribution in [0.25, 0.3) is 0 Å². The molecule has 0 aliphatic rings. The lowest BCUT2D eigenvalue weighted by Gasteiger charge is -2.09. The van der Waals surface area contributed by atoms with Gasteiger partial charge in [0.15, 0.2) is 0 Å². The maximum atomic E-state index is 10.3. The Morgan fingerprint density at radius 3 is 2.73 bits per heavy atom. The van der Waals surface area contributed by atoms with E-state index in [2.05, 4.69) is 6.92 Å². The van der Waals surface area contributed by atoms with Crippen LogP contribution in [0.2, 0.25) is 0 Å². The molecule has 0 N–H and O–H groups in total. The molecular formula is C8H15ClO2. The largest absolute Gasteiger partial charge is 0.369 e. The number of carbonyl (C=O) groups excluding carboxylic acids is 1. The fraction of sp³-hybridized carbons (Fsp3) is 0.875. The Labute approximate surface area is 72.9 Å². The number of unbranched alkanes of at least 4 members (excludes halogenated alkanes) is 1. The SMILES string of the molecule is CCCCC(C)OCC(=O)Cl. The smallest absolute Gasteiger partial charge is 0.247 e. The highest BCUT2D eigenvalue weighted by atomic mass is 35.5. The molecule has 0 aromatic carbocycles. The molecule has 0 aromatic heterocycles. The van der Waals surface area contributed by atoms with E-state index in [4.69, 9.17) is 16.3 Å². The van der Waals surface area contributed by atoms with Crippen molar-refractivity contribution in [2.24, 2.45) is 0 Å². The Kier molecular flexibility index (Phi) is 6.57. The molecule has 0 aliphatic heterocycles. The number of hydrogen-bond donors (Lipinski definition) is 0. The second-order valence-electron chi connectivity index (χ2n) is 2.62. The Balaban J connectivity index is 3.22. The van der Waals surface area contributed by atoms with Gasteiger partial charge in [-0.2, -0.15) is 0 Å². The molecule has 0 spiro atoms. The van der Waals surface area contributed by atoms with Gasteiger partial charge in [-0.25, -0.2) is 0 Å². The first kappa shape index (κ1) is 10.9. The van der Waals surface area contributed by atoms with Crippen LogP contribution in [-0.4, -0.2) is 18.0 Å². The van der Waals surface area contributed by atoms with Crippen LogP contribution in [0.1, 0.15) is 33.1 Å². The first-order valence-electron chi connectivity index (χ1n) is 3.96. The monoisotopic (exact) mass is 178 g/mol. The van der Waals surface area contributed by atoms with E-state index in [9.17, 15) is 4.79 Å². The fourth-order valence-corrected chi connectivity index (χ4v) is 0.846. The van der Waals surface area contributed by atoms with E-state index < -0.39 is 5.24 Å². The highest BCUT2D eigenvalue weighted by molar-refractivity contribution is 6.63. The number of carbonyl (C=O) groups is 1. The maximum Gasteiger partial charge on any atom is 0.247 e. The lowest BCUT2D eigenvalue weighted by Crippen LogP contribution is -2.12. The van der Waals surface area contributed by atoms with Crippen LogP contribution in [0, 0.1) is 0 Å². The van der Waals surface area contributed by atoms with Crippen molar-refractivity contribution in [2.45, 2.75) is 39.2 Å². The molecule has 0 radical (unpaired) electrons. The molecule has 0 heterocycles. The normalized spacial score (nSPS) is 13.0. The minimum absolute atomic E-state index is 0.0342. The number of halogens is 1. The molecule has 0 aromatic rings. The van der Waals surface area contributed by atoms with E-state index in [-0.39, 0.29) is 12.7 Å². The van der Waals surface area contributed by atoms with Gasteiger partial charge in [0.05, 0.1) is 6.10 Å². The molecule has 0 rings (SSSR count). The van der Waals surface area contributed by atoms with Crippen molar-refractivity contribution in [2.75, 3.05) is 6.61 Å². The first-order valence-corrected chi connectivity index (χ1v) is 4.34. The third kappa shape index (κ3) is 7.82. The summed E-state index contributed by atoms with van der Waals surface area (Å²) < 4.78 is 5.12. The third-order valence-electron chi connectivity index (χ3n) is 1.45. The van der Waals surface area contributed by atoms with Crippen LogP contribution < -0.4 is 0 Å². The number of rotatable bonds is 6. The highest BCUT2D eigenvalue weighted by Gasteiger charge is 2.03. The van der Waals surface area contributed by atoms with Crippen LogP contribution in [0.3, 0.4) is 0 Å². The van der Waals surface area contributed by atoms with Gasteiger partial charge in [-0.05, 0) is 24.9 Å². The summed E-state index contributed by atoms with van der Waals surface area (Å²) in [4.78, 5) is 10.3. The molecule has 0 saturated carbocycles. The van der Waals surface area contributed by atoms with Gasteiger partial charge < -0.3 is 4.74 Å². The van der Waals surface area contributed by atoms with Crippen LogP contribution in [0.15, 0.2) is 0 Å². The molecule has 66 valence electrons. The summed E-state index contributed by atoms with van der Waals surface area (Å²) in [6.07, 6.45) is 3.44. The van der Waals surface area contributed by atoms with Gasteiger partial charge >= 0.3 is 0 Å². The zero-order chi connectivity index (χ0) is 8.69. The predicted octanol–water partition coefficient (Wildman–Crippen LogP) is 2.35. The Morgan fingerprint density at radius 1 is 1.64 bits per heavy atom. The van der Waals surface area contributed by atoms with E-state index in [0.29, 0.717) is 0 Å². The zero-order valence-electron chi connectivity index (χ0n) is 7.10. The summed E-state index contributed by atoms with van der Waals surface area (Å²) >= 11 is 5.09. The minimum Gasteiger partial charge on any atom is -0.369 e. The lowest BCUT2D eigenvalue weighted by molar-refractivity contribution is -0.117. The van der Waals surface area contributed by atoms with E-state index in [0.717, 1.165) is 19.3 Å². The van der Waals surface area contributed by atoms with Gasteiger partial charge in [-0.1, -0.05) is 19.8 Å². The topological polar surface area (TPSA) is 26.3 Å². The average Bonchev–Trinajstić information content (AvgIpc) is 1.97. The molecule has 3 heteroatoms. The van der Waals surface area contributed by atoms with Crippen molar-refractivity contribution in [3.05, 3.63) is 0 Å². The number of ether oxygens (including phenoxy) is 1. The van der Waals surface area contributed by atoms with Gasteiger partial charge in [0.25, 0.3) is 0 Å². The van der Waals surface area contributed by atoms with Gasteiger partial charge in [-0.15, -0.1) is 0 Å². The van der Waals surface area contributed by atoms with Gasteiger partial charge in [-0.3, -0.25) is 4.79 Å². The van der Waals surface area contributed by atoms with Crippen LogP contribution in [-0.2, 0) is 9.53 Å². The molecular weight excluding hydrogens is 164 g/mol. The summed E-state index contributed by atoms with van der Waals surface area (Å²) in [5.74, 6) is 0. The summed E-state index contributed by atoms with van der Waals surface area (Å²) in [6.45, 7) is 4.11. The van der Waals surface area contributed by atoms with Crippen molar-refractivity contribution in [3.63, 3.8) is 0 Å². The first-order chi connectivity index (χ1) is 5.16. The van der Waals surface area contributed by atoms with Gasteiger partial charge in [0.1, 0.15) is 6.61 Å². The van der Waals surface area contributed by atoms with Crippen LogP contribution in [0.4, 0.5) is 0 Å². The molecule has 0 saturated heterocycles. The van der Waals surface area contributed by atoms with E-state index in [1.165, 1.54) is 0 Å². The fourth-order valence-electron chi connectivity index (χ4n) is 0.783. The Morgan fingerprint density at radius 2 is 2.27 bits per heavy atom. The van der Waals surface area contributed by atoms with Crippen molar-refractivity contribution in [3.8, 4) is 0 Å². The third-order valence-corrected chi connectivity index (χ3v) is 1.55. The van der Waals surface area contributed by atoms with Crippen molar-refractivity contribution in [1.82, 2.24) is 0 Å². The van der Waals surface area contributed by atoms with Crippen molar-refractivity contribution >= 4 is 16.8 Å². The predicted molar refractivity (Wildman–Crippen MR) is 45.8 cm³/mol. The molecule has 11 heavy (non-hydrogen) atoms. The lowest BCUT2D eigenvalue weighted by atomic mass is 10.2. The van der Waals surface area contributed by atoms with E-state index in [1.807, 2.05) is 6.92 Å². The second kappa shape index (κ2) is 6.62. The van der Waals surface area contributed by atoms with Crippen LogP contribution in [0.5, 0.6) is 0 Å².